The summed E-state index contributed by atoms with van der Waals surface area (Å²) in [6.45, 7) is 1.81. The summed E-state index contributed by atoms with van der Waals surface area (Å²) in [6, 6.07) is 20.1. The Morgan fingerprint density at radius 1 is 1.03 bits per heavy atom. The Bertz CT molecular complexity index is 1030. The van der Waals surface area contributed by atoms with E-state index in [0.717, 1.165) is 36.3 Å². The van der Waals surface area contributed by atoms with Gasteiger partial charge >= 0.3 is 5.97 Å². The molecule has 0 spiro atoms. The van der Waals surface area contributed by atoms with Crippen LogP contribution in [0.25, 0.3) is 11.3 Å². The fraction of sp³-hybridized carbons (Fsp3) is 0.370. The van der Waals surface area contributed by atoms with E-state index in [4.69, 9.17) is 20.8 Å². The minimum Gasteiger partial charge on any atom is -0.460 e. The van der Waals surface area contributed by atoms with Crippen LogP contribution in [-0.4, -0.2) is 31.1 Å². The highest BCUT2D eigenvalue weighted by Crippen LogP contribution is 2.39. The predicted octanol–water partition coefficient (Wildman–Crippen LogP) is 6.93. The fourth-order valence-corrected chi connectivity index (χ4v) is 4.94. The summed E-state index contributed by atoms with van der Waals surface area (Å²) in [5.74, 6) is 1.51. The lowest BCUT2D eigenvalue weighted by molar-refractivity contribution is 0.0110. The maximum Gasteiger partial charge on any atom is 0.341 e. The number of halogens is 1. The summed E-state index contributed by atoms with van der Waals surface area (Å²) in [7, 11) is 4.24. The molecule has 1 atom stereocenters. The van der Waals surface area contributed by atoms with Crippen LogP contribution >= 0.6 is 11.6 Å². The van der Waals surface area contributed by atoms with E-state index in [-0.39, 0.29) is 12.1 Å². The second-order valence-corrected chi connectivity index (χ2v) is 9.29. The van der Waals surface area contributed by atoms with E-state index < -0.39 is 0 Å². The van der Waals surface area contributed by atoms with Gasteiger partial charge in [0.05, 0.1) is 0 Å². The maximum atomic E-state index is 12.9. The average Bonchev–Trinajstić information content (AvgIpc) is 3.19. The van der Waals surface area contributed by atoms with Crippen LogP contribution < -0.4 is 0 Å². The molecule has 1 saturated carbocycles. The molecule has 0 bridgehead atoms. The molecule has 0 amide bonds. The smallest absolute Gasteiger partial charge is 0.341 e. The summed E-state index contributed by atoms with van der Waals surface area (Å²) < 4.78 is 11.7. The molecule has 0 aliphatic heterocycles. The number of benzene rings is 2. The zero-order valence-corrected chi connectivity index (χ0v) is 19.6. The lowest BCUT2D eigenvalue weighted by Crippen LogP contribution is -2.33. The van der Waals surface area contributed by atoms with Crippen molar-refractivity contribution >= 4 is 17.6 Å². The van der Waals surface area contributed by atoms with Crippen LogP contribution in [-0.2, 0) is 4.74 Å². The molecule has 1 aliphatic carbocycles. The van der Waals surface area contributed by atoms with Crippen molar-refractivity contribution < 1.29 is 13.9 Å². The number of nitrogens with zero attached hydrogens (tertiary/aromatic N) is 1. The van der Waals surface area contributed by atoms with Gasteiger partial charge in [-0.3, -0.25) is 0 Å². The molecule has 1 unspecified atom stereocenters. The molecule has 3 aromatic rings. The van der Waals surface area contributed by atoms with Crippen LogP contribution in [0.5, 0.6) is 0 Å². The highest BCUT2D eigenvalue weighted by molar-refractivity contribution is 6.30. The van der Waals surface area contributed by atoms with Gasteiger partial charge in [0.15, 0.2) is 0 Å². The van der Waals surface area contributed by atoms with Gasteiger partial charge in [-0.05, 0) is 76.4 Å². The highest BCUT2D eigenvalue weighted by Gasteiger charge is 2.32. The van der Waals surface area contributed by atoms with Crippen molar-refractivity contribution in [3.63, 3.8) is 0 Å². The Kier molecular flexibility index (Phi) is 7.02. The molecule has 0 N–H and O–H groups in total. The number of rotatable bonds is 6. The fourth-order valence-electron chi connectivity index (χ4n) is 4.82. The Balaban J connectivity index is 1.38. The van der Waals surface area contributed by atoms with Crippen LogP contribution in [0.2, 0.25) is 5.02 Å². The van der Waals surface area contributed by atoms with E-state index in [1.54, 1.807) is 6.07 Å². The first-order valence-corrected chi connectivity index (χ1v) is 11.6. The highest BCUT2D eigenvalue weighted by atomic mass is 35.5. The van der Waals surface area contributed by atoms with Crippen molar-refractivity contribution in [3.8, 4) is 11.3 Å². The van der Waals surface area contributed by atoms with Crippen molar-refractivity contribution in [1.82, 2.24) is 4.90 Å². The van der Waals surface area contributed by atoms with Crippen LogP contribution in [0, 0.1) is 12.8 Å². The van der Waals surface area contributed by atoms with Crippen LogP contribution in [0.1, 0.15) is 53.4 Å². The number of carbonyl (C=O) groups is 1. The predicted molar refractivity (Wildman–Crippen MR) is 128 cm³/mol. The van der Waals surface area contributed by atoms with Gasteiger partial charge in [0, 0.05) is 16.6 Å². The van der Waals surface area contributed by atoms with Crippen LogP contribution in [0.3, 0.4) is 0 Å². The van der Waals surface area contributed by atoms with Crippen molar-refractivity contribution in [2.24, 2.45) is 5.92 Å². The van der Waals surface area contributed by atoms with E-state index in [0.29, 0.717) is 29.0 Å². The number of aryl methyl sites for hydroxylation is 1. The van der Waals surface area contributed by atoms with Gasteiger partial charge in [0.1, 0.15) is 23.2 Å². The summed E-state index contributed by atoms with van der Waals surface area (Å²) in [5.41, 5.74) is 2.74. The molecule has 168 valence electrons. The van der Waals surface area contributed by atoms with E-state index in [9.17, 15) is 4.79 Å². The maximum absolute atomic E-state index is 12.9. The van der Waals surface area contributed by atoms with Gasteiger partial charge in [0.2, 0.25) is 0 Å². The van der Waals surface area contributed by atoms with Crippen LogP contribution in [0.15, 0.2) is 65.1 Å². The summed E-state index contributed by atoms with van der Waals surface area (Å²) in [5, 5.41) is 0.756. The molecule has 1 heterocycles. The minimum atomic E-state index is -0.293. The third-order valence-corrected chi connectivity index (χ3v) is 6.65. The van der Waals surface area contributed by atoms with Crippen molar-refractivity contribution in [3.05, 3.63) is 82.6 Å². The topological polar surface area (TPSA) is 42.7 Å². The van der Waals surface area contributed by atoms with Gasteiger partial charge in [-0.25, -0.2) is 4.79 Å². The molecule has 1 aromatic heterocycles. The van der Waals surface area contributed by atoms with Gasteiger partial charge in [0.25, 0.3) is 0 Å². The normalized spacial score (nSPS) is 19.7. The Hall–Kier alpha value is -2.56. The summed E-state index contributed by atoms with van der Waals surface area (Å²) in [6.07, 6.45) is 3.72. The third kappa shape index (κ3) is 5.08. The number of esters is 1. The number of ether oxygens (including phenoxy) is 1. The first-order chi connectivity index (χ1) is 15.4. The van der Waals surface area contributed by atoms with Gasteiger partial charge in [-0.2, -0.15) is 0 Å². The quantitative estimate of drug-likeness (QED) is 0.381. The Morgan fingerprint density at radius 3 is 2.31 bits per heavy atom. The van der Waals surface area contributed by atoms with Crippen molar-refractivity contribution in [2.45, 2.75) is 44.8 Å². The third-order valence-electron chi connectivity index (χ3n) is 6.40. The molecular formula is C27H30ClNO3. The molecule has 32 heavy (non-hydrogen) atoms. The van der Waals surface area contributed by atoms with E-state index >= 15 is 0 Å². The Labute approximate surface area is 195 Å². The second kappa shape index (κ2) is 9.93. The Morgan fingerprint density at radius 2 is 1.69 bits per heavy atom. The van der Waals surface area contributed by atoms with Gasteiger partial charge < -0.3 is 14.1 Å². The van der Waals surface area contributed by atoms with E-state index in [1.165, 1.54) is 5.56 Å². The number of hydrogen-bond acceptors (Lipinski definition) is 4. The van der Waals surface area contributed by atoms with Crippen molar-refractivity contribution in [2.75, 3.05) is 14.1 Å². The summed E-state index contributed by atoms with van der Waals surface area (Å²) >= 11 is 6.08. The van der Waals surface area contributed by atoms with Crippen LogP contribution in [0.4, 0.5) is 0 Å². The molecule has 1 aliphatic rings. The van der Waals surface area contributed by atoms with Gasteiger partial charge in [-0.1, -0.05) is 54.1 Å². The number of carbonyl (C=O) groups excluding carboxylic acids is 1. The lowest BCUT2D eigenvalue weighted by atomic mass is 9.79. The van der Waals surface area contributed by atoms with E-state index in [1.807, 2.05) is 49.4 Å². The number of hydrogen-bond donors (Lipinski definition) is 0. The minimum absolute atomic E-state index is 0.0544. The molecule has 5 heteroatoms. The molecule has 1 fully saturated rings. The largest absolute Gasteiger partial charge is 0.460 e. The number of furan rings is 1. The first kappa shape index (κ1) is 22.6. The zero-order valence-electron chi connectivity index (χ0n) is 18.9. The zero-order chi connectivity index (χ0) is 22.7. The molecular weight excluding hydrogens is 422 g/mol. The SMILES string of the molecule is Cc1oc(-c2ccccc2)cc1C(=O)OC1CCC(C(c2ccc(Cl)cc2)N(C)C)CC1. The lowest BCUT2D eigenvalue weighted by Gasteiger charge is -2.37. The molecule has 0 radical (unpaired) electrons. The van der Waals surface area contributed by atoms with E-state index in [2.05, 4.69) is 31.1 Å². The average molecular weight is 452 g/mol. The molecule has 0 saturated heterocycles. The first-order valence-electron chi connectivity index (χ1n) is 11.2. The second-order valence-electron chi connectivity index (χ2n) is 8.85. The molecule has 2 aromatic carbocycles. The van der Waals surface area contributed by atoms with Crippen molar-refractivity contribution in [1.29, 1.82) is 0 Å². The monoisotopic (exact) mass is 451 g/mol. The van der Waals surface area contributed by atoms with Gasteiger partial charge in [-0.15, -0.1) is 0 Å². The molecule has 4 rings (SSSR count). The standard InChI is InChI=1S/C27H30ClNO3/c1-18-24(17-25(31-18)19-7-5-4-6-8-19)27(30)32-23-15-11-21(12-16-23)26(29(2)3)20-9-13-22(28)14-10-20/h4-10,13-14,17,21,23,26H,11-12,15-16H2,1-3H3. The molecule has 4 nitrogen and oxygen atoms in total. The summed E-state index contributed by atoms with van der Waals surface area (Å²) in [4.78, 5) is 15.1.